The number of halogens is 1. The molecule has 0 aromatic carbocycles. The molecule has 0 aromatic heterocycles. The molecule has 0 aliphatic carbocycles. The molecule has 0 amide bonds. The maximum absolute atomic E-state index is 5.23. The summed E-state index contributed by atoms with van der Waals surface area (Å²) in [4.78, 5) is 0. The molecule has 1 rings (SSSR count). The first kappa shape index (κ1) is 5.50. The van der Waals surface area contributed by atoms with Crippen LogP contribution in [0.15, 0.2) is 0 Å². The lowest BCUT2D eigenvalue weighted by atomic mass is 10.1. The zero-order valence-corrected chi connectivity index (χ0v) is 4.09. The Hall–Kier alpha value is 0.365. The predicted molar refractivity (Wildman–Crippen MR) is 26.4 cm³/mol. The minimum atomic E-state index is -0.728. The highest BCUT2D eigenvalue weighted by Gasteiger charge is 2.20. The molecule has 1 aliphatic rings. The zero-order chi connectivity index (χ0) is 5.11. The van der Waals surface area contributed by atoms with Gasteiger partial charge in [0.1, 0.15) is 0 Å². The highest BCUT2D eigenvalue weighted by molar-refractivity contribution is 7.02. The van der Waals surface area contributed by atoms with E-state index in [1.165, 1.54) is 0 Å². The number of hydrogen-bond acceptors (Lipinski definition) is 3. The molecular formula is B3ClO3. The zero-order valence-electron chi connectivity index (χ0n) is 3.33. The smallest absolute Gasteiger partial charge is 0.457 e. The third-order valence-corrected chi connectivity index (χ3v) is 0.642. The van der Waals surface area contributed by atoms with Crippen molar-refractivity contribution in [3.8, 4) is 0 Å². The molecule has 3 nitrogen and oxygen atoms in total. The van der Waals surface area contributed by atoms with Crippen molar-refractivity contribution in [2.24, 2.45) is 0 Å². The van der Waals surface area contributed by atoms with Crippen molar-refractivity contribution in [1.82, 2.24) is 0 Å². The maximum atomic E-state index is 5.23. The molecule has 0 N–H and O–H groups in total. The third-order valence-electron chi connectivity index (χ3n) is 0.436. The van der Waals surface area contributed by atoms with Crippen LogP contribution < -0.4 is 0 Å². The summed E-state index contributed by atoms with van der Waals surface area (Å²) in [6.45, 7) is -0.728. The summed E-state index contributed by atoms with van der Waals surface area (Å²) < 4.78 is 13.2. The second-order valence-electron chi connectivity index (χ2n) is 0.875. The first-order valence-electron chi connectivity index (χ1n) is 1.63. The van der Waals surface area contributed by atoms with Crippen LogP contribution in [0.3, 0.4) is 0 Å². The number of hydrogen-bond donors (Lipinski definition) is 0. The van der Waals surface area contributed by atoms with Gasteiger partial charge in [0.15, 0.2) is 0 Å². The van der Waals surface area contributed by atoms with Crippen molar-refractivity contribution in [1.29, 1.82) is 0 Å². The summed E-state index contributed by atoms with van der Waals surface area (Å²) in [6, 6.07) is 0. The van der Waals surface area contributed by atoms with Crippen LogP contribution in [0.4, 0.5) is 0 Å². The first-order chi connectivity index (χ1) is 3.39. The highest BCUT2D eigenvalue weighted by atomic mass is 35.5. The Morgan fingerprint density at radius 1 is 1.29 bits per heavy atom. The molecule has 0 bridgehead atoms. The highest BCUT2D eigenvalue weighted by Crippen LogP contribution is 1.96. The van der Waals surface area contributed by atoms with Crippen LogP contribution in [0.2, 0.25) is 0 Å². The van der Waals surface area contributed by atoms with Gasteiger partial charge in [-0.1, -0.05) is 0 Å². The van der Waals surface area contributed by atoms with Crippen LogP contribution in [-0.2, 0) is 13.7 Å². The summed E-state index contributed by atoms with van der Waals surface area (Å²) in [7, 11) is 2.20. The predicted octanol–water partition coefficient (Wildman–Crippen LogP) is -0.658. The minimum absolute atomic E-state index is 0.728. The molecule has 0 spiro atoms. The van der Waals surface area contributed by atoms with Gasteiger partial charge in [0.2, 0.25) is 0 Å². The Kier molecular flexibility index (Phi) is 2.06. The van der Waals surface area contributed by atoms with Gasteiger partial charge in [-0.05, 0) is 0 Å². The van der Waals surface area contributed by atoms with Crippen molar-refractivity contribution in [3.05, 3.63) is 0 Å². The average molecular weight is 116 g/mol. The largest absolute Gasteiger partial charge is 0.543 e. The molecule has 2 radical (unpaired) electrons. The molecule has 0 saturated carbocycles. The molecule has 1 heterocycles. The maximum Gasteiger partial charge on any atom is 0.543 e. The summed E-state index contributed by atoms with van der Waals surface area (Å²) in [5.41, 5.74) is 0. The molecule has 1 aliphatic heterocycles. The quantitative estimate of drug-likeness (QED) is 0.393. The van der Waals surface area contributed by atoms with E-state index >= 15 is 0 Å². The fourth-order valence-corrected chi connectivity index (χ4v) is 0.290. The minimum Gasteiger partial charge on any atom is -0.457 e. The molecule has 0 aromatic rings. The Morgan fingerprint density at radius 2 is 1.86 bits per heavy atom. The summed E-state index contributed by atoms with van der Waals surface area (Å²) in [5.74, 6) is 0. The van der Waals surface area contributed by atoms with E-state index in [2.05, 4.69) is 13.7 Å². The van der Waals surface area contributed by atoms with Gasteiger partial charge in [-0.2, -0.15) is 0 Å². The summed E-state index contributed by atoms with van der Waals surface area (Å²) in [6.07, 6.45) is 0. The molecule has 0 unspecified atom stereocenters. The monoisotopic (exact) mass is 116 g/mol. The Morgan fingerprint density at radius 3 is 2.14 bits per heavy atom. The van der Waals surface area contributed by atoms with E-state index in [1.807, 2.05) is 0 Å². The van der Waals surface area contributed by atoms with Crippen LogP contribution in [0.1, 0.15) is 0 Å². The van der Waals surface area contributed by atoms with E-state index in [0.717, 1.165) is 15.4 Å². The van der Waals surface area contributed by atoms with Gasteiger partial charge < -0.3 is 13.7 Å². The van der Waals surface area contributed by atoms with Gasteiger partial charge >= 0.3 is 21.9 Å². The van der Waals surface area contributed by atoms with Crippen LogP contribution in [0.5, 0.6) is 0 Å². The SMILES string of the molecule is ClB1O[B]O[B]O1. The lowest BCUT2D eigenvalue weighted by molar-refractivity contribution is 0.339. The lowest BCUT2D eigenvalue weighted by Crippen LogP contribution is -2.30. The van der Waals surface area contributed by atoms with Crippen molar-refractivity contribution in [3.63, 3.8) is 0 Å². The van der Waals surface area contributed by atoms with Crippen LogP contribution in [0, 0.1) is 0 Å². The molecular weight excluding hydrogens is 116 g/mol. The Bertz CT molecular complexity index is 52.1. The normalized spacial score (nSPS) is 20.4. The van der Waals surface area contributed by atoms with E-state index in [4.69, 9.17) is 11.5 Å². The van der Waals surface area contributed by atoms with Gasteiger partial charge in [0, 0.05) is 0 Å². The van der Waals surface area contributed by atoms with E-state index in [9.17, 15) is 0 Å². The first-order valence-corrected chi connectivity index (χ1v) is 2.07. The van der Waals surface area contributed by atoms with Crippen LogP contribution in [-0.4, -0.2) is 21.9 Å². The third kappa shape index (κ3) is 1.73. The van der Waals surface area contributed by atoms with E-state index in [1.54, 1.807) is 0 Å². The van der Waals surface area contributed by atoms with Crippen molar-refractivity contribution >= 4 is 33.4 Å². The van der Waals surface area contributed by atoms with Gasteiger partial charge in [0.05, 0.1) is 0 Å². The Balaban J connectivity index is 2.12. The molecule has 1 saturated heterocycles. The van der Waals surface area contributed by atoms with Crippen molar-refractivity contribution in [2.45, 2.75) is 0 Å². The van der Waals surface area contributed by atoms with Crippen LogP contribution in [0.25, 0.3) is 0 Å². The average Bonchev–Trinajstić information content (AvgIpc) is 1.69. The van der Waals surface area contributed by atoms with E-state index < -0.39 is 6.53 Å². The lowest BCUT2D eigenvalue weighted by Gasteiger charge is -2.11. The Labute approximate surface area is 47.9 Å². The van der Waals surface area contributed by atoms with Gasteiger partial charge in [0.25, 0.3) is 0 Å². The van der Waals surface area contributed by atoms with E-state index in [0.29, 0.717) is 0 Å². The second kappa shape index (κ2) is 2.62. The van der Waals surface area contributed by atoms with Gasteiger partial charge in [-0.25, -0.2) is 0 Å². The fraction of sp³-hybridized carbons (Fsp3) is 0. The fourth-order valence-electron chi connectivity index (χ4n) is 0.206. The molecule has 7 heavy (non-hydrogen) atoms. The topological polar surface area (TPSA) is 27.7 Å². The molecule has 34 valence electrons. The van der Waals surface area contributed by atoms with Gasteiger partial charge in [-0.3, -0.25) is 0 Å². The molecule has 0 atom stereocenters. The molecule has 7 heteroatoms. The van der Waals surface area contributed by atoms with E-state index in [-0.39, 0.29) is 0 Å². The standard InChI is InChI=1S/B3ClO3/c4-3-6-1-5-2-7-3. The van der Waals surface area contributed by atoms with Gasteiger partial charge in [-0.15, -0.1) is 11.5 Å². The number of rotatable bonds is 0. The van der Waals surface area contributed by atoms with Crippen molar-refractivity contribution in [2.75, 3.05) is 0 Å². The van der Waals surface area contributed by atoms with Crippen molar-refractivity contribution < 1.29 is 13.7 Å². The van der Waals surface area contributed by atoms with Crippen LogP contribution >= 0.6 is 11.5 Å². The summed E-state index contributed by atoms with van der Waals surface area (Å²) >= 11 is 5.23. The second-order valence-corrected chi connectivity index (χ2v) is 1.23. The summed E-state index contributed by atoms with van der Waals surface area (Å²) in [5, 5.41) is 0. The molecule has 1 fully saturated rings.